The Morgan fingerprint density at radius 3 is 2.70 bits per heavy atom. The van der Waals surface area contributed by atoms with Crippen LogP contribution in [0.1, 0.15) is 6.42 Å². The number of aliphatic carboxylic acids is 1. The molecule has 0 aliphatic carbocycles. The van der Waals surface area contributed by atoms with Gasteiger partial charge < -0.3 is 9.84 Å². The molecule has 0 aromatic heterocycles. The summed E-state index contributed by atoms with van der Waals surface area (Å²) in [6.45, 7) is 7.07. The second-order valence-electron chi connectivity index (χ2n) is 6.43. The molecule has 2 aliphatic rings. The summed E-state index contributed by atoms with van der Waals surface area (Å²) in [5.41, 5.74) is 0.261. The van der Waals surface area contributed by atoms with Crippen LogP contribution in [0.25, 0.3) is 0 Å². The summed E-state index contributed by atoms with van der Waals surface area (Å²) in [5, 5.41) is 9.17. The average molecular weight is 295 g/mol. The van der Waals surface area contributed by atoms with Gasteiger partial charge in [-0.1, -0.05) is 37.9 Å². The van der Waals surface area contributed by atoms with Gasteiger partial charge in [0, 0.05) is 8.07 Å². The molecule has 6 heteroatoms. The highest BCUT2D eigenvalue weighted by molar-refractivity contribution is 6.76. The SMILES string of the molecule is C[Si](C)(C)CCOC(=O)N1C2C=CC1C(C(=O)O)=CC2. The zero-order valence-electron chi connectivity index (χ0n) is 12.1. The van der Waals surface area contributed by atoms with E-state index in [0.717, 1.165) is 6.04 Å². The molecule has 1 amide bonds. The van der Waals surface area contributed by atoms with Gasteiger partial charge in [-0.3, -0.25) is 4.90 Å². The van der Waals surface area contributed by atoms with Crippen molar-refractivity contribution in [2.75, 3.05) is 6.61 Å². The number of rotatable bonds is 4. The van der Waals surface area contributed by atoms with Gasteiger partial charge in [-0.15, -0.1) is 0 Å². The van der Waals surface area contributed by atoms with Gasteiger partial charge >= 0.3 is 12.1 Å². The van der Waals surface area contributed by atoms with Crippen LogP contribution in [0.4, 0.5) is 4.79 Å². The second kappa shape index (κ2) is 5.44. The monoisotopic (exact) mass is 295 g/mol. The molecule has 0 aromatic rings. The van der Waals surface area contributed by atoms with Crippen LogP contribution in [0.5, 0.6) is 0 Å². The molecule has 2 bridgehead atoms. The zero-order valence-corrected chi connectivity index (χ0v) is 13.1. The minimum Gasteiger partial charge on any atom is -0.478 e. The van der Waals surface area contributed by atoms with Crippen molar-refractivity contribution in [2.24, 2.45) is 0 Å². The Labute approximate surface area is 119 Å². The fraction of sp³-hybridized carbons (Fsp3) is 0.571. The molecule has 0 radical (unpaired) electrons. The smallest absolute Gasteiger partial charge is 0.411 e. The molecule has 2 aliphatic heterocycles. The normalized spacial score (nSPS) is 24.6. The van der Waals surface area contributed by atoms with Gasteiger partial charge in [-0.2, -0.15) is 0 Å². The minimum absolute atomic E-state index is 0.0671. The van der Waals surface area contributed by atoms with Gasteiger partial charge in [0.1, 0.15) is 0 Å². The van der Waals surface area contributed by atoms with Crippen molar-refractivity contribution >= 4 is 20.1 Å². The molecule has 0 spiro atoms. The van der Waals surface area contributed by atoms with E-state index in [9.17, 15) is 9.59 Å². The molecule has 2 rings (SSSR count). The minimum atomic E-state index is -1.24. The Bertz CT molecular complexity index is 478. The fourth-order valence-electron chi connectivity index (χ4n) is 2.42. The maximum atomic E-state index is 12.2. The van der Waals surface area contributed by atoms with Crippen LogP contribution in [0.15, 0.2) is 23.8 Å². The first kappa shape index (κ1) is 14.8. The van der Waals surface area contributed by atoms with Crippen molar-refractivity contribution in [2.45, 2.75) is 44.2 Å². The number of carbonyl (C=O) groups is 2. The van der Waals surface area contributed by atoms with E-state index in [1.165, 1.54) is 4.90 Å². The Morgan fingerprint density at radius 2 is 2.10 bits per heavy atom. The Hall–Kier alpha value is -1.56. The van der Waals surface area contributed by atoms with Crippen LogP contribution < -0.4 is 0 Å². The Balaban J connectivity index is 1.98. The first-order valence-electron chi connectivity index (χ1n) is 6.86. The van der Waals surface area contributed by atoms with E-state index in [2.05, 4.69) is 19.6 Å². The van der Waals surface area contributed by atoms with E-state index in [1.54, 1.807) is 12.2 Å². The summed E-state index contributed by atoms with van der Waals surface area (Å²) in [6, 6.07) is 0.366. The number of hydrogen-bond acceptors (Lipinski definition) is 3. The summed E-state index contributed by atoms with van der Waals surface area (Å²) in [7, 11) is -1.24. The molecule has 0 fully saturated rings. The standard InChI is InChI=1S/C14H21NO4Si/c1-20(2,3)9-8-19-14(18)15-10-4-6-11(13(16)17)12(15)7-5-10/h5-7,10,12H,4,8-9H2,1-3H3,(H,16,17). The molecule has 0 saturated carbocycles. The number of carboxylic acid groups (broad SMARTS) is 1. The summed E-state index contributed by atoms with van der Waals surface area (Å²) >= 11 is 0. The fourth-order valence-corrected chi connectivity index (χ4v) is 3.14. The Morgan fingerprint density at radius 1 is 1.40 bits per heavy atom. The molecule has 2 atom stereocenters. The third-order valence-electron chi connectivity index (χ3n) is 3.61. The maximum Gasteiger partial charge on any atom is 0.411 e. The topological polar surface area (TPSA) is 66.8 Å². The molecular weight excluding hydrogens is 274 g/mol. The van der Waals surface area contributed by atoms with E-state index in [4.69, 9.17) is 9.84 Å². The van der Waals surface area contributed by atoms with E-state index >= 15 is 0 Å². The number of fused-ring (bicyclic) bond motifs is 2. The van der Waals surface area contributed by atoms with Crippen molar-refractivity contribution < 1.29 is 19.4 Å². The predicted molar refractivity (Wildman–Crippen MR) is 78.4 cm³/mol. The third-order valence-corrected chi connectivity index (χ3v) is 5.31. The zero-order chi connectivity index (χ0) is 14.9. The highest BCUT2D eigenvalue weighted by Crippen LogP contribution is 2.31. The lowest BCUT2D eigenvalue weighted by molar-refractivity contribution is -0.133. The predicted octanol–water partition coefficient (Wildman–Crippen LogP) is 2.48. The van der Waals surface area contributed by atoms with Crippen molar-refractivity contribution in [1.82, 2.24) is 4.90 Å². The number of amides is 1. The third kappa shape index (κ3) is 3.12. The van der Waals surface area contributed by atoms with Crippen LogP contribution >= 0.6 is 0 Å². The van der Waals surface area contributed by atoms with Crippen molar-refractivity contribution in [3.63, 3.8) is 0 Å². The van der Waals surface area contributed by atoms with Crippen molar-refractivity contribution in [1.29, 1.82) is 0 Å². The number of ether oxygens (including phenoxy) is 1. The van der Waals surface area contributed by atoms with Gasteiger partial charge in [-0.25, -0.2) is 9.59 Å². The van der Waals surface area contributed by atoms with Crippen LogP contribution in [-0.4, -0.2) is 48.8 Å². The maximum absolute atomic E-state index is 12.2. The van der Waals surface area contributed by atoms with E-state index in [-0.39, 0.29) is 11.6 Å². The van der Waals surface area contributed by atoms with E-state index in [1.807, 2.05) is 6.08 Å². The number of nitrogens with zero attached hydrogens (tertiary/aromatic N) is 1. The lowest BCUT2D eigenvalue weighted by Crippen LogP contribution is -2.46. The molecular formula is C14H21NO4Si. The van der Waals surface area contributed by atoms with Gasteiger partial charge in [0.2, 0.25) is 0 Å². The largest absolute Gasteiger partial charge is 0.478 e. The summed E-state index contributed by atoms with van der Waals surface area (Å²) in [6.07, 6.45) is 5.49. The number of hydrogen-bond donors (Lipinski definition) is 1. The lowest BCUT2D eigenvalue weighted by Gasteiger charge is -2.33. The molecule has 2 unspecified atom stereocenters. The number of carbonyl (C=O) groups excluding carboxylic acids is 1. The van der Waals surface area contributed by atoms with Crippen LogP contribution in [0.2, 0.25) is 25.7 Å². The average Bonchev–Trinajstić information content (AvgIpc) is 2.61. The highest BCUT2D eigenvalue weighted by Gasteiger charge is 2.40. The van der Waals surface area contributed by atoms with Gasteiger partial charge in [0.15, 0.2) is 0 Å². The first-order chi connectivity index (χ1) is 9.29. The highest BCUT2D eigenvalue weighted by atomic mass is 28.3. The lowest BCUT2D eigenvalue weighted by atomic mass is 10.0. The summed E-state index contributed by atoms with van der Waals surface area (Å²) < 4.78 is 5.33. The van der Waals surface area contributed by atoms with Crippen LogP contribution in [0, 0.1) is 0 Å². The Kier molecular flexibility index (Phi) is 4.03. The molecule has 0 saturated heterocycles. The van der Waals surface area contributed by atoms with E-state index < -0.39 is 26.2 Å². The van der Waals surface area contributed by atoms with Crippen molar-refractivity contribution in [3.8, 4) is 0 Å². The van der Waals surface area contributed by atoms with Crippen LogP contribution in [0.3, 0.4) is 0 Å². The van der Waals surface area contributed by atoms with Gasteiger partial charge in [0.05, 0.1) is 24.3 Å². The van der Waals surface area contributed by atoms with Gasteiger partial charge in [0.25, 0.3) is 0 Å². The molecule has 1 N–H and O–H groups in total. The quantitative estimate of drug-likeness (QED) is 0.639. The summed E-state index contributed by atoms with van der Waals surface area (Å²) in [5.74, 6) is -0.972. The molecule has 0 aromatic carbocycles. The first-order valence-corrected chi connectivity index (χ1v) is 10.6. The van der Waals surface area contributed by atoms with Gasteiger partial charge in [-0.05, 0) is 12.5 Å². The molecule has 5 nitrogen and oxygen atoms in total. The van der Waals surface area contributed by atoms with Crippen molar-refractivity contribution in [3.05, 3.63) is 23.8 Å². The molecule has 20 heavy (non-hydrogen) atoms. The molecule has 110 valence electrons. The summed E-state index contributed by atoms with van der Waals surface area (Å²) in [4.78, 5) is 24.9. The van der Waals surface area contributed by atoms with Crippen LogP contribution in [-0.2, 0) is 9.53 Å². The van der Waals surface area contributed by atoms with E-state index in [0.29, 0.717) is 13.0 Å². The molecule has 2 heterocycles. The second-order valence-corrected chi connectivity index (χ2v) is 12.1. The number of carboxylic acids is 1.